The van der Waals surface area contributed by atoms with Crippen LogP contribution in [-0.4, -0.2) is 68.3 Å². The second-order valence-electron chi connectivity index (χ2n) is 6.33. The molecule has 3 rings (SSSR count). The third-order valence-corrected chi connectivity index (χ3v) is 4.60. The fourth-order valence-electron chi connectivity index (χ4n) is 2.92. The lowest BCUT2D eigenvalue weighted by Gasteiger charge is -2.28. The highest BCUT2D eigenvalue weighted by molar-refractivity contribution is 5.74. The molecule has 23 heavy (non-hydrogen) atoms. The van der Waals surface area contributed by atoms with Crippen LogP contribution in [0.15, 0.2) is 24.3 Å². The van der Waals surface area contributed by atoms with Gasteiger partial charge in [0.15, 0.2) is 0 Å². The van der Waals surface area contributed by atoms with Gasteiger partial charge in [0.2, 0.25) is 0 Å². The third kappa shape index (κ3) is 4.42. The van der Waals surface area contributed by atoms with E-state index in [4.69, 9.17) is 4.74 Å². The van der Waals surface area contributed by atoms with Crippen molar-refractivity contribution in [1.82, 2.24) is 15.1 Å². The van der Waals surface area contributed by atoms with Crippen molar-refractivity contribution in [2.45, 2.75) is 18.4 Å². The number of likely N-dealkylation sites (N-methyl/N-ethyl adjacent to an activating group) is 1. The van der Waals surface area contributed by atoms with Crippen LogP contribution in [0.25, 0.3) is 0 Å². The number of nitrogens with zero attached hydrogens (tertiary/aromatic N) is 2. The summed E-state index contributed by atoms with van der Waals surface area (Å²) < 4.78 is 18.3. The predicted octanol–water partition coefficient (Wildman–Crippen LogP) is 1.66. The van der Waals surface area contributed by atoms with Crippen molar-refractivity contribution in [3.63, 3.8) is 0 Å². The van der Waals surface area contributed by atoms with E-state index in [1.54, 1.807) is 17.0 Å². The van der Waals surface area contributed by atoms with Crippen LogP contribution in [-0.2, 0) is 4.74 Å². The van der Waals surface area contributed by atoms with Gasteiger partial charge in [-0.25, -0.2) is 9.18 Å². The smallest absolute Gasteiger partial charge is 0.317 e. The summed E-state index contributed by atoms with van der Waals surface area (Å²) >= 11 is 0. The summed E-state index contributed by atoms with van der Waals surface area (Å²) in [7, 11) is 1.82. The topological polar surface area (TPSA) is 44.8 Å². The summed E-state index contributed by atoms with van der Waals surface area (Å²) in [6, 6.07) is 6.68. The number of halogens is 1. The highest BCUT2D eigenvalue weighted by Gasteiger charge is 2.39. The lowest BCUT2D eigenvalue weighted by atomic mass is 10.1. The molecule has 1 saturated carbocycles. The van der Waals surface area contributed by atoms with Crippen LogP contribution in [0.3, 0.4) is 0 Å². The van der Waals surface area contributed by atoms with Crippen LogP contribution in [0.4, 0.5) is 9.18 Å². The summed E-state index contributed by atoms with van der Waals surface area (Å²) in [5.41, 5.74) is 1.09. The van der Waals surface area contributed by atoms with Crippen LogP contribution >= 0.6 is 0 Å². The van der Waals surface area contributed by atoms with Crippen molar-refractivity contribution in [3.05, 3.63) is 35.6 Å². The van der Waals surface area contributed by atoms with Gasteiger partial charge in [-0.05, 0) is 24.1 Å². The molecule has 0 aromatic heterocycles. The quantitative estimate of drug-likeness (QED) is 0.897. The first-order valence-corrected chi connectivity index (χ1v) is 8.20. The number of benzene rings is 1. The summed E-state index contributed by atoms with van der Waals surface area (Å²) in [5, 5.41) is 3.05. The zero-order chi connectivity index (χ0) is 16.2. The molecule has 2 amide bonds. The maximum Gasteiger partial charge on any atom is 0.317 e. The van der Waals surface area contributed by atoms with E-state index in [0.717, 1.165) is 44.8 Å². The van der Waals surface area contributed by atoms with Crippen molar-refractivity contribution in [3.8, 4) is 0 Å². The molecule has 0 unspecified atom stereocenters. The number of morpholine rings is 1. The van der Waals surface area contributed by atoms with Crippen LogP contribution in [0.5, 0.6) is 0 Å². The number of carbonyl (C=O) groups is 1. The van der Waals surface area contributed by atoms with Gasteiger partial charge in [0.05, 0.1) is 13.2 Å². The lowest BCUT2D eigenvalue weighted by Crippen LogP contribution is -2.45. The first-order chi connectivity index (χ1) is 11.1. The Morgan fingerprint density at radius 2 is 2.04 bits per heavy atom. The Labute approximate surface area is 136 Å². The number of carbonyl (C=O) groups excluding carboxylic acids is 1. The minimum Gasteiger partial charge on any atom is -0.379 e. The van der Waals surface area contributed by atoms with Gasteiger partial charge in [-0.1, -0.05) is 12.1 Å². The first-order valence-electron chi connectivity index (χ1n) is 8.20. The minimum absolute atomic E-state index is 0.0344. The number of rotatable bonds is 5. The molecule has 0 bridgehead atoms. The Balaban J connectivity index is 1.40. The van der Waals surface area contributed by atoms with Gasteiger partial charge in [-0.15, -0.1) is 0 Å². The summed E-state index contributed by atoms with van der Waals surface area (Å²) in [6.07, 6.45) is 0.925. The van der Waals surface area contributed by atoms with Gasteiger partial charge < -0.3 is 15.0 Å². The van der Waals surface area contributed by atoms with E-state index < -0.39 is 0 Å². The maximum absolute atomic E-state index is 12.9. The van der Waals surface area contributed by atoms with Crippen LogP contribution in [0, 0.1) is 5.82 Å². The van der Waals surface area contributed by atoms with Gasteiger partial charge in [0, 0.05) is 45.2 Å². The van der Waals surface area contributed by atoms with E-state index in [2.05, 4.69) is 10.2 Å². The molecular weight excluding hydrogens is 297 g/mol. The third-order valence-electron chi connectivity index (χ3n) is 4.60. The first kappa shape index (κ1) is 16.2. The number of nitrogens with one attached hydrogen (secondary N) is 1. The fourth-order valence-corrected chi connectivity index (χ4v) is 2.92. The zero-order valence-electron chi connectivity index (χ0n) is 13.5. The zero-order valence-corrected chi connectivity index (χ0v) is 13.5. The van der Waals surface area contributed by atoms with Crippen molar-refractivity contribution in [2.75, 3.05) is 46.4 Å². The average Bonchev–Trinajstić information content (AvgIpc) is 3.33. The van der Waals surface area contributed by atoms with Crippen molar-refractivity contribution < 1.29 is 13.9 Å². The molecule has 2 atom stereocenters. The average molecular weight is 321 g/mol. The highest BCUT2D eigenvalue weighted by atomic mass is 19.1. The van der Waals surface area contributed by atoms with E-state index in [0.29, 0.717) is 12.5 Å². The summed E-state index contributed by atoms with van der Waals surface area (Å²) in [4.78, 5) is 16.3. The molecule has 1 saturated heterocycles. The van der Waals surface area contributed by atoms with Crippen LogP contribution in [0.2, 0.25) is 0 Å². The number of urea groups is 1. The summed E-state index contributed by atoms with van der Waals surface area (Å²) in [6.45, 7) is 5.00. The normalized spacial score (nSPS) is 24.3. The molecule has 0 spiro atoms. The second-order valence-corrected chi connectivity index (χ2v) is 6.33. The molecule has 2 aliphatic rings. The Bertz CT molecular complexity index is 531. The molecule has 1 heterocycles. The molecule has 2 fully saturated rings. The van der Waals surface area contributed by atoms with Gasteiger partial charge in [0.25, 0.3) is 0 Å². The summed E-state index contributed by atoms with van der Waals surface area (Å²) in [5.74, 6) is 0.0880. The Hall–Kier alpha value is -1.66. The van der Waals surface area contributed by atoms with Gasteiger partial charge in [0.1, 0.15) is 5.82 Å². The lowest BCUT2D eigenvalue weighted by molar-refractivity contribution is 0.0357. The largest absolute Gasteiger partial charge is 0.379 e. The Kier molecular flexibility index (Phi) is 5.13. The van der Waals surface area contributed by atoms with E-state index in [9.17, 15) is 9.18 Å². The van der Waals surface area contributed by atoms with Gasteiger partial charge in [-0.3, -0.25) is 4.90 Å². The van der Waals surface area contributed by atoms with Crippen molar-refractivity contribution in [2.24, 2.45) is 0 Å². The van der Waals surface area contributed by atoms with E-state index in [-0.39, 0.29) is 17.9 Å². The second kappa shape index (κ2) is 7.27. The molecule has 1 aliphatic carbocycles. The molecule has 0 radical (unpaired) electrons. The number of ether oxygens (including phenoxy) is 1. The van der Waals surface area contributed by atoms with E-state index in [1.165, 1.54) is 12.1 Å². The maximum atomic E-state index is 12.9. The number of hydrogen-bond acceptors (Lipinski definition) is 3. The molecule has 126 valence electrons. The molecule has 1 aromatic carbocycles. The minimum atomic E-state index is -0.224. The predicted molar refractivity (Wildman–Crippen MR) is 86.0 cm³/mol. The Morgan fingerprint density at radius 1 is 1.35 bits per heavy atom. The Morgan fingerprint density at radius 3 is 2.74 bits per heavy atom. The van der Waals surface area contributed by atoms with Crippen LogP contribution < -0.4 is 5.32 Å². The van der Waals surface area contributed by atoms with Crippen molar-refractivity contribution in [1.29, 1.82) is 0 Å². The highest BCUT2D eigenvalue weighted by Crippen LogP contribution is 2.40. The molecule has 1 aliphatic heterocycles. The monoisotopic (exact) mass is 321 g/mol. The van der Waals surface area contributed by atoms with Gasteiger partial charge >= 0.3 is 6.03 Å². The SMILES string of the molecule is CN(CCN1CCOCC1)C(=O)N[C@H]1C[C@H]1c1ccc(F)cc1. The van der Waals surface area contributed by atoms with E-state index >= 15 is 0 Å². The number of amides is 2. The molecule has 6 heteroatoms. The van der Waals surface area contributed by atoms with E-state index in [1.807, 2.05) is 7.05 Å². The van der Waals surface area contributed by atoms with Crippen LogP contribution in [0.1, 0.15) is 17.9 Å². The molecule has 5 nitrogen and oxygen atoms in total. The number of hydrogen-bond donors (Lipinski definition) is 1. The van der Waals surface area contributed by atoms with Crippen molar-refractivity contribution >= 4 is 6.03 Å². The molecule has 1 N–H and O–H groups in total. The van der Waals surface area contributed by atoms with Gasteiger partial charge in [-0.2, -0.15) is 0 Å². The molecule has 1 aromatic rings. The molecular formula is C17H24FN3O2. The standard InChI is InChI=1S/C17H24FN3O2/c1-20(6-7-21-8-10-23-11-9-21)17(22)19-16-12-15(16)13-2-4-14(18)5-3-13/h2-5,15-16H,6-12H2,1H3,(H,19,22)/t15-,16-/m0/s1. The fraction of sp³-hybridized carbons (Fsp3) is 0.588.